The van der Waals surface area contributed by atoms with Gasteiger partial charge in [0.05, 0.1) is 0 Å². The zero-order chi connectivity index (χ0) is 12.7. The molecule has 0 aliphatic carbocycles. The number of aryl methyl sites for hydroxylation is 1. The molecule has 0 unspecified atom stereocenters. The van der Waals surface area contributed by atoms with Crippen molar-refractivity contribution in [1.29, 1.82) is 0 Å². The van der Waals surface area contributed by atoms with Gasteiger partial charge in [-0.15, -0.1) is 0 Å². The molecule has 0 aliphatic heterocycles. The van der Waals surface area contributed by atoms with Crippen LogP contribution >= 0.6 is 0 Å². The molecule has 0 aliphatic rings. The summed E-state index contributed by atoms with van der Waals surface area (Å²) in [5.41, 5.74) is 8.06. The average Bonchev–Trinajstić information content (AvgIpc) is 2.39. The third kappa shape index (κ3) is 4.00. The van der Waals surface area contributed by atoms with Crippen LogP contribution in [0.3, 0.4) is 0 Å². The zero-order valence-electron chi connectivity index (χ0n) is 11.4. The summed E-state index contributed by atoms with van der Waals surface area (Å²) in [6.07, 6.45) is 3.39. The Hall–Kier alpha value is -1.09. The molecule has 3 heteroatoms. The number of rotatable bonds is 7. The molecule has 96 valence electrons. The second kappa shape index (κ2) is 7.28. The van der Waals surface area contributed by atoms with Crippen LogP contribution in [0.2, 0.25) is 0 Å². The van der Waals surface area contributed by atoms with Crippen molar-refractivity contribution < 1.29 is 0 Å². The quantitative estimate of drug-likeness (QED) is 0.790. The molecular formula is C14H25N3. The van der Waals surface area contributed by atoms with Crippen molar-refractivity contribution in [3.63, 3.8) is 0 Å². The fraction of sp³-hybridized carbons (Fsp3) is 0.643. The first-order chi connectivity index (χ1) is 8.24. The van der Waals surface area contributed by atoms with Crippen LogP contribution in [0, 0.1) is 0 Å². The first-order valence-corrected chi connectivity index (χ1v) is 6.69. The van der Waals surface area contributed by atoms with Crippen molar-refractivity contribution in [3.8, 4) is 0 Å². The van der Waals surface area contributed by atoms with Gasteiger partial charge in [0, 0.05) is 25.3 Å². The lowest BCUT2D eigenvalue weighted by Crippen LogP contribution is -2.25. The summed E-state index contributed by atoms with van der Waals surface area (Å²) in [5.74, 6) is 1.08. The minimum atomic E-state index is 0.591. The van der Waals surface area contributed by atoms with Crippen LogP contribution in [0.4, 0.5) is 5.82 Å². The van der Waals surface area contributed by atoms with E-state index in [1.807, 2.05) is 0 Å². The third-order valence-corrected chi connectivity index (χ3v) is 3.01. The van der Waals surface area contributed by atoms with Crippen LogP contribution < -0.4 is 10.6 Å². The van der Waals surface area contributed by atoms with E-state index in [1.165, 1.54) is 18.4 Å². The van der Waals surface area contributed by atoms with Gasteiger partial charge in [-0.05, 0) is 37.5 Å². The first kappa shape index (κ1) is 14.0. The molecular weight excluding hydrogens is 210 g/mol. The van der Waals surface area contributed by atoms with Crippen molar-refractivity contribution in [3.05, 3.63) is 23.4 Å². The highest BCUT2D eigenvalue weighted by atomic mass is 15.2. The van der Waals surface area contributed by atoms with Crippen LogP contribution in [-0.4, -0.2) is 18.1 Å². The number of nitrogens with zero attached hydrogens (tertiary/aromatic N) is 2. The van der Waals surface area contributed by atoms with Crippen molar-refractivity contribution in [2.75, 3.05) is 18.0 Å². The lowest BCUT2D eigenvalue weighted by atomic mass is 10.2. The highest BCUT2D eigenvalue weighted by Gasteiger charge is 2.07. The lowest BCUT2D eigenvalue weighted by molar-refractivity contribution is 0.721. The molecule has 1 aromatic heterocycles. The Kier molecular flexibility index (Phi) is 5.98. The van der Waals surface area contributed by atoms with E-state index in [0.717, 1.165) is 31.0 Å². The highest BCUT2D eigenvalue weighted by Crippen LogP contribution is 2.16. The van der Waals surface area contributed by atoms with Gasteiger partial charge in [-0.3, -0.25) is 0 Å². The molecule has 0 bridgehead atoms. The molecule has 17 heavy (non-hydrogen) atoms. The van der Waals surface area contributed by atoms with Gasteiger partial charge in [0.1, 0.15) is 5.82 Å². The van der Waals surface area contributed by atoms with E-state index in [4.69, 9.17) is 10.7 Å². The second-order valence-electron chi connectivity index (χ2n) is 4.32. The van der Waals surface area contributed by atoms with Gasteiger partial charge < -0.3 is 10.6 Å². The number of hydrogen-bond donors (Lipinski definition) is 1. The molecule has 0 saturated carbocycles. The maximum absolute atomic E-state index is 5.74. The van der Waals surface area contributed by atoms with Crippen molar-refractivity contribution in [1.82, 2.24) is 4.98 Å². The van der Waals surface area contributed by atoms with Gasteiger partial charge in [-0.25, -0.2) is 4.98 Å². The second-order valence-corrected chi connectivity index (χ2v) is 4.32. The Balaban J connectivity index is 2.92. The molecule has 1 rings (SSSR count). The molecule has 0 radical (unpaired) electrons. The number of hydrogen-bond acceptors (Lipinski definition) is 3. The number of nitrogens with two attached hydrogens (primary N) is 1. The fourth-order valence-electron chi connectivity index (χ4n) is 1.88. The molecule has 2 N–H and O–H groups in total. The summed E-state index contributed by atoms with van der Waals surface area (Å²) in [6.45, 7) is 9.21. The van der Waals surface area contributed by atoms with E-state index in [9.17, 15) is 0 Å². The summed E-state index contributed by atoms with van der Waals surface area (Å²) < 4.78 is 0. The highest BCUT2D eigenvalue weighted by molar-refractivity contribution is 5.42. The van der Waals surface area contributed by atoms with Gasteiger partial charge >= 0.3 is 0 Å². The Morgan fingerprint density at radius 1 is 1.24 bits per heavy atom. The number of aromatic nitrogens is 1. The van der Waals surface area contributed by atoms with E-state index >= 15 is 0 Å². The SMILES string of the molecule is CCCCN(CC)c1cc(CN)cc(CC)n1. The smallest absolute Gasteiger partial charge is 0.129 e. The molecule has 0 atom stereocenters. The molecule has 1 aromatic rings. The van der Waals surface area contributed by atoms with Crippen LogP contribution in [-0.2, 0) is 13.0 Å². The Morgan fingerprint density at radius 3 is 2.53 bits per heavy atom. The van der Waals surface area contributed by atoms with Gasteiger partial charge in [0.15, 0.2) is 0 Å². The first-order valence-electron chi connectivity index (χ1n) is 6.69. The summed E-state index contributed by atoms with van der Waals surface area (Å²) >= 11 is 0. The van der Waals surface area contributed by atoms with Gasteiger partial charge in [0.25, 0.3) is 0 Å². The molecule has 0 saturated heterocycles. The molecule has 0 fully saturated rings. The Morgan fingerprint density at radius 2 is 2.00 bits per heavy atom. The number of unbranched alkanes of at least 4 members (excludes halogenated alkanes) is 1. The van der Waals surface area contributed by atoms with Crippen molar-refractivity contribution in [2.24, 2.45) is 5.73 Å². The Labute approximate surface area is 105 Å². The summed E-state index contributed by atoms with van der Waals surface area (Å²) in [6, 6.07) is 4.23. The summed E-state index contributed by atoms with van der Waals surface area (Å²) in [5, 5.41) is 0. The van der Waals surface area contributed by atoms with E-state index in [1.54, 1.807) is 0 Å². The van der Waals surface area contributed by atoms with Crippen LogP contribution in [0.1, 0.15) is 44.9 Å². The molecule has 0 amide bonds. The minimum Gasteiger partial charge on any atom is -0.357 e. The standard InChI is InChI=1S/C14H25N3/c1-4-7-8-17(6-3)14-10-12(11-15)9-13(5-2)16-14/h9-10H,4-8,11,15H2,1-3H3. The van der Waals surface area contributed by atoms with E-state index in [-0.39, 0.29) is 0 Å². The maximum Gasteiger partial charge on any atom is 0.129 e. The summed E-state index contributed by atoms with van der Waals surface area (Å²) in [7, 11) is 0. The largest absolute Gasteiger partial charge is 0.357 e. The van der Waals surface area contributed by atoms with Crippen molar-refractivity contribution in [2.45, 2.75) is 46.6 Å². The third-order valence-electron chi connectivity index (χ3n) is 3.01. The van der Waals surface area contributed by atoms with E-state index in [0.29, 0.717) is 6.54 Å². The van der Waals surface area contributed by atoms with Gasteiger partial charge in [0.2, 0.25) is 0 Å². The fourth-order valence-corrected chi connectivity index (χ4v) is 1.88. The predicted molar refractivity (Wildman–Crippen MR) is 74.3 cm³/mol. The monoisotopic (exact) mass is 235 g/mol. The Bertz CT molecular complexity index is 314. The van der Waals surface area contributed by atoms with Crippen molar-refractivity contribution >= 4 is 5.82 Å². The predicted octanol–water partition coefficient (Wildman–Crippen LogP) is 2.73. The molecule has 0 aromatic carbocycles. The summed E-state index contributed by atoms with van der Waals surface area (Å²) in [4.78, 5) is 7.03. The van der Waals surface area contributed by atoms with E-state index in [2.05, 4.69) is 37.8 Å². The van der Waals surface area contributed by atoms with Crippen LogP contribution in [0.15, 0.2) is 12.1 Å². The average molecular weight is 235 g/mol. The van der Waals surface area contributed by atoms with Crippen LogP contribution in [0.5, 0.6) is 0 Å². The molecule has 0 spiro atoms. The zero-order valence-corrected chi connectivity index (χ0v) is 11.4. The van der Waals surface area contributed by atoms with Gasteiger partial charge in [-0.1, -0.05) is 20.3 Å². The lowest BCUT2D eigenvalue weighted by Gasteiger charge is -2.23. The van der Waals surface area contributed by atoms with Gasteiger partial charge in [-0.2, -0.15) is 0 Å². The maximum atomic E-state index is 5.74. The normalized spacial score (nSPS) is 10.6. The minimum absolute atomic E-state index is 0.591. The van der Waals surface area contributed by atoms with E-state index < -0.39 is 0 Å². The molecule has 3 nitrogen and oxygen atoms in total. The number of anilines is 1. The topological polar surface area (TPSA) is 42.1 Å². The number of pyridine rings is 1. The molecule has 1 heterocycles. The van der Waals surface area contributed by atoms with Crippen LogP contribution in [0.25, 0.3) is 0 Å².